The molecule has 0 spiro atoms. The van der Waals surface area contributed by atoms with Crippen LogP contribution in [-0.4, -0.2) is 155 Å². The molecular formula is C42H70N4O10. The predicted molar refractivity (Wildman–Crippen MR) is 214 cm³/mol. The summed E-state index contributed by atoms with van der Waals surface area (Å²) in [6, 6.07) is 6.62. The van der Waals surface area contributed by atoms with Crippen LogP contribution in [0.5, 0.6) is 0 Å². The number of carbonyl (C=O) groups excluding carboxylic acids is 4. The number of aromatic carboxylic acids is 1. The minimum Gasteiger partial charge on any atom is -0.478 e. The van der Waals surface area contributed by atoms with Crippen LogP contribution < -0.4 is 0 Å². The van der Waals surface area contributed by atoms with E-state index < -0.39 is 40.3 Å². The van der Waals surface area contributed by atoms with E-state index in [1.54, 1.807) is 12.1 Å². The van der Waals surface area contributed by atoms with Crippen molar-refractivity contribution in [1.82, 2.24) is 19.6 Å². The first-order valence-electron chi connectivity index (χ1n) is 19.8. The fourth-order valence-corrected chi connectivity index (χ4v) is 6.37. The quantitative estimate of drug-likeness (QED) is 0.218. The van der Waals surface area contributed by atoms with Crippen LogP contribution in [0.1, 0.15) is 112 Å². The third-order valence-corrected chi connectivity index (χ3v) is 8.46. The number of carboxylic acid groups (broad SMARTS) is 1. The molecule has 1 aliphatic heterocycles. The van der Waals surface area contributed by atoms with Crippen molar-refractivity contribution in [3.05, 3.63) is 35.4 Å². The number of carboxylic acids is 1. The van der Waals surface area contributed by atoms with Gasteiger partial charge in [0.2, 0.25) is 0 Å². The molecule has 1 unspecified atom stereocenters. The summed E-state index contributed by atoms with van der Waals surface area (Å²) in [6.07, 6.45) is 1.63. The van der Waals surface area contributed by atoms with Gasteiger partial charge in [0.05, 0.1) is 31.7 Å². The molecular weight excluding hydrogens is 720 g/mol. The number of benzene rings is 1. The van der Waals surface area contributed by atoms with E-state index in [0.29, 0.717) is 70.6 Å². The van der Waals surface area contributed by atoms with Crippen molar-refractivity contribution in [1.29, 1.82) is 0 Å². The van der Waals surface area contributed by atoms with Crippen LogP contribution in [0.3, 0.4) is 0 Å². The van der Waals surface area contributed by atoms with Crippen molar-refractivity contribution >= 4 is 29.8 Å². The minimum atomic E-state index is -0.997. The highest BCUT2D eigenvalue weighted by Gasteiger charge is 2.31. The van der Waals surface area contributed by atoms with Gasteiger partial charge in [0.25, 0.3) is 0 Å². The Bertz CT molecular complexity index is 1450. The third kappa shape index (κ3) is 21.1. The second-order valence-corrected chi connectivity index (χ2v) is 18.6. The van der Waals surface area contributed by atoms with Gasteiger partial charge in [-0.3, -0.25) is 38.8 Å². The van der Waals surface area contributed by atoms with Crippen molar-refractivity contribution < 1.29 is 48.0 Å². The SMILES string of the molecule is CC(C)(C)OC(=O)CN1CCN(CC(=O)OC(C)(C)C)CCN(CC(=O)OC(C)(C)C)C(CCCc2ccccc2C(=O)O)CN(CC(=O)OC(C)(C)C)CC1. The zero-order chi connectivity index (χ0) is 42.5. The standard InChI is InChI=1S/C42H70N4O10/c1-39(2,3)53-34(47)27-43-20-21-44(28-35(48)54-40(4,5)6)24-25-46(30-37(50)56-42(10,11)12)32(18-15-17-31-16-13-14-19-33(31)38(51)52)26-45(23-22-43)29-36(49)55-41(7,8)9/h13-14,16,19,32H,15,17-18,20-30H2,1-12H3,(H,51,52). The van der Waals surface area contributed by atoms with Crippen molar-refractivity contribution in [2.24, 2.45) is 0 Å². The molecule has 14 nitrogen and oxygen atoms in total. The fraction of sp³-hybridized carbons (Fsp3) is 0.738. The lowest BCUT2D eigenvalue weighted by Gasteiger charge is -2.39. The highest BCUT2D eigenvalue weighted by atomic mass is 16.6. The van der Waals surface area contributed by atoms with Gasteiger partial charge in [-0.05, 0) is 114 Å². The molecule has 2 rings (SSSR count). The Morgan fingerprint density at radius 1 is 0.571 bits per heavy atom. The zero-order valence-electron chi connectivity index (χ0n) is 36.2. The zero-order valence-corrected chi connectivity index (χ0v) is 36.2. The molecule has 1 aliphatic rings. The molecule has 1 saturated heterocycles. The van der Waals surface area contributed by atoms with Crippen LogP contribution in [0, 0.1) is 0 Å². The summed E-state index contributed by atoms with van der Waals surface area (Å²) in [7, 11) is 0. The highest BCUT2D eigenvalue weighted by Crippen LogP contribution is 2.19. The molecule has 1 aromatic rings. The molecule has 14 heteroatoms. The lowest BCUT2D eigenvalue weighted by atomic mass is 9.99. The molecule has 1 fully saturated rings. The molecule has 1 atom stereocenters. The molecule has 1 N–H and O–H groups in total. The van der Waals surface area contributed by atoms with Crippen LogP contribution in [0.15, 0.2) is 24.3 Å². The van der Waals surface area contributed by atoms with Crippen LogP contribution >= 0.6 is 0 Å². The van der Waals surface area contributed by atoms with E-state index in [4.69, 9.17) is 18.9 Å². The molecule has 0 aliphatic carbocycles. The van der Waals surface area contributed by atoms with Crippen molar-refractivity contribution in [3.63, 3.8) is 0 Å². The summed E-state index contributed by atoms with van der Waals surface area (Å²) in [5.41, 5.74) is -1.83. The first-order valence-corrected chi connectivity index (χ1v) is 19.8. The summed E-state index contributed by atoms with van der Waals surface area (Å²) < 4.78 is 22.9. The van der Waals surface area contributed by atoms with Gasteiger partial charge in [-0.1, -0.05) is 18.2 Å². The van der Waals surface area contributed by atoms with Gasteiger partial charge in [-0.25, -0.2) is 4.79 Å². The van der Waals surface area contributed by atoms with E-state index in [1.807, 2.05) is 115 Å². The topological polar surface area (TPSA) is 155 Å². The normalized spacial score (nSPS) is 18.0. The molecule has 1 aromatic carbocycles. The van der Waals surface area contributed by atoms with Crippen molar-refractivity contribution in [2.45, 2.75) is 131 Å². The average Bonchev–Trinajstić information content (AvgIpc) is 2.99. The number of esters is 4. The third-order valence-electron chi connectivity index (χ3n) is 8.46. The molecule has 0 amide bonds. The summed E-state index contributed by atoms with van der Waals surface area (Å²) in [5.74, 6) is -2.58. The predicted octanol–water partition coefficient (Wildman–Crippen LogP) is 4.66. The Kier molecular flexibility index (Phi) is 18.4. The van der Waals surface area contributed by atoms with Gasteiger partial charge in [-0.2, -0.15) is 0 Å². The summed E-state index contributed by atoms with van der Waals surface area (Å²) in [5, 5.41) is 9.82. The van der Waals surface area contributed by atoms with Crippen LogP contribution in [-0.2, 0) is 44.5 Å². The number of aryl methyl sites for hydroxylation is 1. The van der Waals surface area contributed by atoms with E-state index in [2.05, 4.69) is 0 Å². The second-order valence-electron chi connectivity index (χ2n) is 18.6. The number of hydrogen-bond acceptors (Lipinski definition) is 13. The lowest BCUT2D eigenvalue weighted by molar-refractivity contribution is -0.160. The maximum atomic E-state index is 13.5. The Hall–Kier alpha value is -3.59. The van der Waals surface area contributed by atoms with Gasteiger partial charge < -0.3 is 24.1 Å². The lowest BCUT2D eigenvalue weighted by Crippen LogP contribution is -2.53. The molecule has 56 heavy (non-hydrogen) atoms. The molecule has 0 aromatic heterocycles. The Labute approximate surface area is 335 Å². The molecule has 0 saturated carbocycles. The maximum Gasteiger partial charge on any atom is 0.335 e. The monoisotopic (exact) mass is 791 g/mol. The first-order chi connectivity index (χ1) is 25.7. The number of ether oxygens (including phenoxy) is 4. The van der Waals surface area contributed by atoms with Gasteiger partial charge in [-0.15, -0.1) is 0 Å². The van der Waals surface area contributed by atoms with Gasteiger partial charge in [0, 0.05) is 51.9 Å². The van der Waals surface area contributed by atoms with E-state index in [9.17, 15) is 29.1 Å². The molecule has 0 radical (unpaired) electrons. The average molecular weight is 791 g/mol. The maximum absolute atomic E-state index is 13.5. The van der Waals surface area contributed by atoms with Crippen molar-refractivity contribution in [2.75, 3.05) is 72.0 Å². The van der Waals surface area contributed by atoms with Gasteiger partial charge in [0.15, 0.2) is 0 Å². The Morgan fingerprint density at radius 3 is 1.38 bits per heavy atom. The van der Waals surface area contributed by atoms with Crippen LogP contribution in [0.4, 0.5) is 0 Å². The number of carbonyl (C=O) groups is 5. The van der Waals surface area contributed by atoms with E-state index in [0.717, 1.165) is 0 Å². The first kappa shape index (κ1) is 48.6. The van der Waals surface area contributed by atoms with Gasteiger partial charge >= 0.3 is 29.8 Å². The van der Waals surface area contributed by atoms with Crippen molar-refractivity contribution in [3.8, 4) is 0 Å². The second kappa shape index (κ2) is 21.2. The molecule has 318 valence electrons. The van der Waals surface area contributed by atoms with E-state index in [-0.39, 0.29) is 49.7 Å². The smallest absolute Gasteiger partial charge is 0.335 e. The Morgan fingerprint density at radius 2 is 0.946 bits per heavy atom. The summed E-state index contributed by atoms with van der Waals surface area (Å²) in [4.78, 5) is 73.1. The minimum absolute atomic E-state index is 0.000761. The van der Waals surface area contributed by atoms with E-state index >= 15 is 0 Å². The Balaban J connectivity index is 2.59. The highest BCUT2D eigenvalue weighted by molar-refractivity contribution is 5.89. The van der Waals surface area contributed by atoms with Crippen LogP contribution in [0.2, 0.25) is 0 Å². The summed E-state index contributed by atoms with van der Waals surface area (Å²) >= 11 is 0. The fourth-order valence-electron chi connectivity index (χ4n) is 6.37. The number of nitrogens with zero attached hydrogens (tertiary/aromatic N) is 4. The number of rotatable bonds is 13. The number of hydrogen-bond donors (Lipinski definition) is 1. The van der Waals surface area contributed by atoms with E-state index in [1.165, 1.54) is 0 Å². The molecule has 0 bridgehead atoms. The molecule has 1 heterocycles. The van der Waals surface area contributed by atoms with Crippen LogP contribution in [0.25, 0.3) is 0 Å². The van der Waals surface area contributed by atoms with Gasteiger partial charge in [0.1, 0.15) is 22.4 Å². The summed E-state index contributed by atoms with van der Waals surface area (Å²) in [6.45, 7) is 24.4. The largest absolute Gasteiger partial charge is 0.478 e.